The second-order valence-electron chi connectivity index (χ2n) is 10.2. The first-order valence-electron chi connectivity index (χ1n) is 12.0. The van der Waals surface area contributed by atoms with Crippen LogP contribution in [0, 0.1) is 0 Å². The van der Waals surface area contributed by atoms with Gasteiger partial charge in [0.1, 0.15) is 11.3 Å². The summed E-state index contributed by atoms with van der Waals surface area (Å²) >= 11 is 0. The number of carbonyl (C=O) groups is 1. The molecular formula is C27H42O3Si. The quantitative estimate of drug-likeness (QED) is 0.188. The third-order valence-electron chi connectivity index (χ3n) is 6.47. The van der Waals surface area contributed by atoms with Gasteiger partial charge in [0.15, 0.2) is 0 Å². The van der Waals surface area contributed by atoms with Crippen LogP contribution in [0.15, 0.2) is 36.4 Å². The molecule has 4 heteroatoms. The van der Waals surface area contributed by atoms with Crippen molar-refractivity contribution >= 4 is 25.1 Å². The van der Waals surface area contributed by atoms with Crippen LogP contribution in [-0.4, -0.2) is 20.9 Å². The third kappa shape index (κ3) is 7.67. The number of ether oxygens (including phenoxy) is 1. The molecule has 0 N–H and O–H groups in total. The van der Waals surface area contributed by atoms with Gasteiger partial charge in [0.25, 0.3) is 8.32 Å². The molecule has 0 saturated carbocycles. The van der Waals surface area contributed by atoms with E-state index in [0.29, 0.717) is 17.9 Å². The average molecular weight is 443 g/mol. The summed E-state index contributed by atoms with van der Waals surface area (Å²) in [6.07, 6.45) is 9.81. The highest BCUT2D eigenvalue weighted by Crippen LogP contribution is 2.39. The molecule has 31 heavy (non-hydrogen) atoms. The van der Waals surface area contributed by atoms with Crippen molar-refractivity contribution in [3.63, 3.8) is 0 Å². The predicted molar refractivity (Wildman–Crippen MR) is 135 cm³/mol. The molecule has 0 aromatic heterocycles. The lowest BCUT2D eigenvalue weighted by Crippen LogP contribution is -2.44. The molecule has 0 aliphatic heterocycles. The zero-order valence-corrected chi connectivity index (χ0v) is 21.6. The fourth-order valence-corrected chi connectivity index (χ4v) is 4.39. The molecule has 0 unspecified atom stereocenters. The molecule has 0 radical (unpaired) electrons. The highest BCUT2D eigenvalue weighted by Gasteiger charge is 2.39. The average Bonchev–Trinajstić information content (AvgIpc) is 2.70. The SMILES string of the molecule is CCCCCCCCCCOC(=O)c1cc2ccccc2cc1O[Si](C)(C)C(C)(C)C. The normalized spacial score (nSPS) is 12.2. The molecule has 2 rings (SSSR count). The van der Waals surface area contributed by atoms with E-state index in [1.807, 2.05) is 30.3 Å². The van der Waals surface area contributed by atoms with Crippen LogP contribution in [0.3, 0.4) is 0 Å². The van der Waals surface area contributed by atoms with Crippen molar-refractivity contribution in [2.24, 2.45) is 0 Å². The first-order chi connectivity index (χ1) is 14.7. The van der Waals surface area contributed by atoms with Crippen molar-refractivity contribution in [3.05, 3.63) is 42.0 Å². The Balaban J connectivity index is 2.03. The highest BCUT2D eigenvalue weighted by molar-refractivity contribution is 6.74. The molecule has 0 fully saturated rings. The van der Waals surface area contributed by atoms with Gasteiger partial charge in [0, 0.05) is 0 Å². The van der Waals surface area contributed by atoms with Gasteiger partial charge in [-0.05, 0) is 47.5 Å². The van der Waals surface area contributed by atoms with E-state index in [1.54, 1.807) is 0 Å². The van der Waals surface area contributed by atoms with Gasteiger partial charge in [-0.2, -0.15) is 0 Å². The van der Waals surface area contributed by atoms with Crippen molar-refractivity contribution in [2.75, 3.05) is 6.61 Å². The Morgan fingerprint density at radius 1 is 0.871 bits per heavy atom. The summed E-state index contributed by atoms with van der Waals surface area (Å²) in [5.41, 5.74) is 0.545. The molecule has 3 nitrogen and oxygen atoms in total. The summed E-state index contributed by atoms with van der Waals surface area (Å²) in [7, 11) is -2.08. The topological polar surface area (TPSA) is 35.5 Å². The van der Waals surface area contributed by atoms with Crippen molar-refractivity contribution in [1.82, 2.24) is 0 Å². The maximum absolute atomic E-state index is 13.0. The molecule has 0 amide bonds. The minimum atomic E-state index is -2.08. The molecule has 0 saturated heterocycles. The van der Waals surface area contributed by atoms with Crippen LogP contribution in [-0.2, 0) is 4.74 Å². The molecule has 0 spiro atoms. The maximum atomic E-state index is 13.0. The lowest BCUT2D eigenvalue weighted by Gasteiger charge is -2.37. The molecular weight excluding hydrogens is 400 g/mol. The van der Waals surface area contributed by atoms with Crippen LogP contribution < -0.4 is 4.43 Å². The van der Waals surface area contributed by atoms with Crippen LogP contribution in [0.5, 0.6) is 5.75 Å². The molecule has 2 aromatic rings. The first-order valence-corrected chi connectivity index (χ1v) is 15.0. The van der Waals surface area contributed by atoms with Crippen LogP contribution in [0.2, 0.25) is 18.1 Å². The zero-order valence-electron chi connectivity index (χ0n) is 20.6. The van der Waals surface area contributed by atoms with Crippen LogP contribution in [0.1, 0.15) is 89.4 Å². The number of hydrogen-bond acceptors (Lipinski definition) is 3. The van der Waals surface area contributed by atoms with Gasteiger partial charge >= 0.3 is 5.97 Å². The molecule has 172 valence electrons. The van der Waals surface area contributed by atoms with Gasteiger partial charge in [-0.1, -0.05) is 96.9 Å². The largest absolute Gasteiger partial charge is 0.543 e. The van der Waals surface area contributed by atoms with E-state index in [9.17, 15) is 4.79 Å². The minimum absolute atomic E-state index is 0.0525. The lowest BCUT2D eigenvalue weighted by atomic mass is 10.1. The summed E-state index contributed by atoms with van der Waals surface area (Å²) in [6, 6.07) is 12.0. The van der Waals surface area contributed by atoms with Crippen molar-refractivity contribution in [3.8, 4) is 5.75 Å². The summed E-state index contributed by atoms with van der Waals surface area (Å²) in [6.45, 7) is 13.8. The Kier molecular flexibility index (Phi) is 9.61. The Morgan fingerprint density at radius 3 is 2.00 bits per heavy atom. The molecule has 0 aliphatic carbocycles. The zero-order chi connectivity index (χ0) is 22.9. The Morgan fingerprint density at radius 2 is 1.42 bits per heavy atom. The van der Waals surface area contributed by atoms with Crippen LogP contribution in [0.25, 0.3) is 10.8 Å². The first kappa shape index (κ1) is 25.4. The summed E-state index contributed by atoms with van der Waals surface area (Å²) < 4.78 is 12.2. The molecule has 0 atom stereocenters. The fraction of sp³-hybridized carbons (Fsp3) is 0.593. The Hall–Kier alpha value is -1.81. The molecule has 0 aliphatic rings. The number of carbonyl (C=O) groups excluding carboxylic acids is 1. The number of esters is 1. The minimum Gasteiger partial charge on any atom is -0.543 e. The molecule has 2 aromatic carbocycles. The maximum Gasteiger partial charge on any atom is 0.341 e. The number of benzene rings is 2. The Labute approximate surface area is 190 Å². The number of unbranched alkanes of at least 4 members (excludes halogenated alkanes) is 7. The third-order valence-corrected chi connectivity index (χ3v) is 10.8. The number of fused-ring (bicyclic) bond motifs is 1. The van der Waals surface area contributed by atoms with Crippen molar-refractivity contribution in [2.45, 2.75) is 97.2 Å². The van der Waals surface area contributed by atoms with Crippen molar-refractivity contribution < 1.29 is 14.0 Å². The molecule has 0 bridgehead atoms. The summed E-state index contributed by atoms with van der Waals surface area (Å²) in [4.78, 5) is 13.0. The van der Waals surface area contributed by atoms with E-state index in [1.165, 1.54) is 38.5 Å². The van der Waals surface area contributed by atoms with Crippen molar-refractivity contribution in [1.29, 1.82) is 0 Å². The summed E-state index contributed by atoms with van der Waals surface area (Å²) in [5.74, 6) is 0.383. The van der Waals surface area contributed by atoms with E-state index in [2.05, 4.69) is 46.9 Å². The number of rotatable bonds is 12. The van der Waals surface area contributed by atoms with Gasteiger partial charge in [-0.15, -0.1) is 0 Å². The Bertz CT molecular complexity index is 836. The van der Waals surface area contributed by atoms with Gasteiger partial charge in [0.05, 0.1) is 6.61 Å². The van der Waals surface area contributed by atoms with Gasteiger partial charge in [0.2, 0.25) is 0 Å². The monoisotopic (exact) mass is 442 g/mol. The van der Waals surface area contributed by atoms with E-state index >= 15 is 0 Å². The molecule has 0 heterocycles. The number of hydrogen-bond donors (Lipinski definition) is 0. The predicted octanol–water partition coefficient (Wildman–Crippen LogP) is 8.52. The second kappa shape index (κ2) is 11.7. The van der Waals surface area contributed by atoms with Gasteiger partial charge in [-0.3, -0.25) is 0 Å². The smallest absolute Gasteiger partial charge is 0.341 e. The van der Waals surface area contributed by atoms with E-state index < -0.39 is 8.32 Å². The van der Waals surface area contributed by atoms with Gasteiger partial charge in [-0.25, -0.2) is 4.79 Å². The van der Waals surface area contributed by atoms with E-state index in [-0.39, 0.29) is 11.0 Å². The second-order valence-corrected chi connectivity index (χ2v) is 14.9. The van der Waals surface area contributed by atoms with E-state index in [4.69, 9.17) is 9.16 Å². The summed E-state index contributed by atoms with van der Waals surface area (Å²) in [5, 5.41) is 2.16. The van der Waals surface area contributed by atoms with Crippen LogP contribution >= 0.6 is 0 Å². The highest BCUT2D eigenvalue weighted by atomic mass is 28.4. The van der Waals surface area contributed by atoms with Crippen LogP contribution in [0.4, 0.5) is 0 Å². The van der Waals surface area contributed by atoms with E-state index in [0.717, 1.165) is 23.6 Å². The fourth-order valence-electron chi connectivity index (χ4n) is 3.37. The lowest BCUT2D eigenvalue weighted by molar-refractivity contribution is 0.0495. The van der Waals surface area contributed by atoms with Gasteiger partial charge < -0.3 is 9.16 Å². The standard InChI is InChI=1S/C27H42O3Si/c1-7-8-9-10-11-12-13-16-19-29-26(28)24-20-22-17-14-15-18-23(22)21-25(24)30-31(5,6)27(2,3)4/h14-15,17-18,20-21H,7-13,16,19H2,1-6H3.